The summed E-state index contributed by atoms with van der Waals surface area (Å²) in [5, 5.41) is 13.0. The van der Waals surface area contributed by atoms with Crippen molar-refractivity contribution in [2.24, 2.45) is 0 Å². The molecule has 1 heteroatoms. The molecule has 1 aliphatic rings. The molecular weight excluding hydrogens is 530 g/mol. The number of para-hydroxylation sites is 1. The molecule has 0 bridgehead atoms. The molecule has 0 amide bonds. The maximum Gasteiger partial charge on any atom is 0.0547 e. The molecule has 0 saturated carbocycles. The van der Waals surface area contributed by atoms with Gasteiger partial charge in [0.05, 0.1) is 11.0 Å². The summed E-state index contributed by atoms with van der Waals surface area (Å²) in [6.07, 6.45) is 0. The van der Waals surface area contributed by atoms with Gasteiger partial charge in [-0.15, -0.1) is 0 Å². The fourth-order valence-corrected chi connectivity index (χ4v) is 8.20. The first-order valence-corrected chi connectivity index (χ1v) is 15.5. The van der Waals surface area contributed by atoms with Crippen LogP contribution in [0.3, 0.4) is 0 Å². The molecular formula is C43H29N. The Bertz CT molecular complexity index is 2670. The van der Waals surface area contributed by atoms with E-state index in [4.69, 9.17) is 0 Å². The normalized spacial score (nSPS) is 13.9. The molecule has 0 aliphatic heterocycles. The number of nitrogens with zero attached hydrogens (tertiary/aromatic N) is 1. The summed E-state index contributed by atoms with van der Waals surface area (Å²) in [5.41, 5.74) is 9.18. The van der Waals surface area contributed by atoms with E-state index in [1.165, 1.54) is 92.8 Å². The van der Waals surface area contributed by atoms with Crippen LogP contribution in [-0.4, -0.2) is 4.57 Å². The lowest BCUT2D eigenvalue weighted by molar-refractivity contribution is 0.661. The van der Waals surface area contributed by atoms with Gasteiger partial charge in [0.2, 0.25) is 0 Å². The molecule has 0 radical (unpaired) electrons. The molecule has 8 aromatic carbocycles. The largest absolute Gasteiger partial charge is 0.309 e. The van der Waals surface area contributed by atoms with Crippen LogP contribution in [0.4, 0.5) is 0 Å². The summed E-state index contributed by atoms with van der Waals surface area (Å²) in [5.74, 6) is 0. The van der Waals surface area contributed by atoms with Gasteiger partial charge in [0, 0.05) is 21.9 Å². The molecule has 0 saturated heterocycles. The third kappa shape index (κ3) is 3.04. The minimum atomic E-state index is -0.0593. The summed E-state index contributed by atoms with van der Waals surface area (Å²) in [4.78, 5) is 0. The first-order valence-electron chi connectivity index (χ1n) is 15.5. The molecule has 1 heterocycles. The maximum absolute atomic E-state index is 2.49. The zero-order valence-electron chi connectivity index (χ0n) is 24.7. The molecule has 1 nitrogen and oxygen atoms in total. The Morgan fingerprint density at radius 2 is 0.932 bits per heavy atom. The lowest BCUT2D eigenvalue weighted by atomic mass is 9.82. The molecule has 0 N–H and O–H groups in total. The Morgan fingerprint density at radius 3 is 1.68 bits per heavy atom. The van der Waals surface area contributed by atoms with Gasteiger partial charge in [0.25, 0.3) is 0 Å². The number of hydrogen-bond donors (Lipinski definition) is 0. The number of aromatic nitrogens is 1. The van der Waals surface area contributed by atoms with Crippen LogP contribution in [-0.2, 0) is 5.41 Å². The fraction of sp³-hybridized carbons (Fsp3) is 0.0698. The van der Waals surface area contributed by atoms with Crippen molar-refractivity contribution >= 4 is 64.9 Å². The molecule has 206 valence electrons. The maximum atomic E-state index is 2.49. The van der Waals surface area contributed by atoms with E-state index in [0.717, 1.165) is 0 Å². The van der Waals surface area contributed by atoms with Gasteiger partial charge in [-0.1, -0.05) is 105 Å². The van der Waals surface area contributed by atoms with Gasteiger partial charge in [-0.2, -0.15) is 0 Å². The van der Waals surface area contributed by atoms with E-state index in [0.29, 0.717) is 0 Å². The van der Waals surface area contributed by atoms with Gasteiger partial charge in [-0.3, -0.25) is 0 Å². The van der Waals surface area contributed by atoms with E-state index in [2.05, 4.69) is 158 Å². The smallest absolute Gasteiger partial charge is 0.0547 e. The fourth-order valence-electron chi connectivity index (χ4n) is 8.20. The number of benzene rings is 8. The number of hydrogen-bond acceptors (Lipinski definition) is 0. The van der Waals surface area contributed by atoms with Crippen LogP contribution in [0.15, 0.2) is 140 Å². The van der Waals surface area contributed by atoms with E-state index >= 15 is 0 Å². The summed E-state index contributed by atoms with van der Waals surface area (Å²) >= 11 is 0. The molecule has 1 aliphatic carbocycles. The van der Waals surface area contributed by atoms with Crippen LogP contribution >= 0.6 is 0 Å². The van der Waals surface area contributed by atoms with Crippen molar-refractivity contribution in [3.05, 3.63) is 151 Å². The predicted octanol–water partition coefficient (Wildman–Crippen LogP) is 11.7. The Kier molecular flexibility index (Phi) is 4.58. The lowest BCUT2D eigenvalue weighted by Gasteiger charge is -2.21. The van der Waals surface area contributed by atoms with E-state index in [9.17, 15) is 0 Å². The molecule has 10 rings (SSSR count). The third-order valence-electron chi connectivity index (χ3n) is 10.3. The summed E-state index contributed by atoms with van der Waals surface area (Å²) in [6, 6.07) is 52.2. The highest BCUT2D eigenvalue weighted by Crippen LogP contribution is 2.51. The predicted molar refractivity (Wildman–Crippen MR) is 188 cm³/mol. The van der Waals surface area contributed by atoms with Gasteiger partial charge in [-0.25, -0.2) is 0 Å². The van der Waals surface area contributed by atoms with Gasteiger partial charge in [-0.05, 0) is 114 Å². The SMILES string of the molecule is CC1(C)c2ccccc2-c2cc3c4cc5c6cc7ccccc7cc6c6ccccc6c5cc4n(-c4ccccc4)c3cc21. The average molecular weight is 560 g/mol. The van der Waals surface area contributed by atoms with Crippen LogP contribution in [0.2, 0.25) is 0 Å². The van der Waals surface area contributed by atoms with Gasteiger partial charge in [0.1, 0.15) is 0 Å². The van der Waals surface area contributed by atoms with Crippen LogP contribution < -0.4 is 0 Å². The molecule has 0 fully saturated rings. The zero-order chi connectivity index (χ0) is 29.2. The van der Waals surface area contributed by atoms with Crippen molar-refractivity contribution in [3.8, 4) is 16.8 Å². The average Bonchev–Trinajstić information content (AvgIpc) is 3.50. The monoisotopic (exact) mass is 559 g/mol. The summed E-state index contributed by atoms with van der Waals surface area (Å²) < 4.78 is 2.49. The third-order valence-corrected chi connectivity index (χ3v) is 10.3. The highest BCUT2D eigenvalue weighted by Gasteiger charge is 2.36. The van der Waals surface area contributed by atoms with E-state index in [1.54, 1.807) is 0 Å². The van der Waals surface area contributed by atoms with Crippen molar-refractivity contribution in [3.63, 3.8) is 0 Å². The zero-order valence-corrected chi connectivity index (χ0v) is 24.7. The van der Waals surface area contributed by atoms with Crippen molar-refractivity contribution in [1.82, 2.24) is 4.57 Å². The summed E-state index contributed by atoms with van der Waals surface area (Å²) in [7, 11) is 0. The van der Waals surface area contributed by atoms with Gasteiger partial charge < -0.3 is 4.57 Å². The molecule has 44 heavy (non-hydrogen) atoms. The highest BCUT2D eigenvalue weighted by molar-refractivity contribution is 6.30. The second-order valence-corrected chi connectivity index (χ2v) is 13.0. The second kappa shape index (κ2) is 8.36. The Balaban J connectivity index is 1.43. The molecule has 0 spiro atoms. The van der Waals surface area contributed by atoms with Crippen LogP contribution in [0, 0.1) is 0 Å². The quantitative estimate of drug-likeness (QED) is 0.139. The topological polar surface area (TPSA) is 4.93 Å². The van der Waals surface area contributed by atoms with Crippen molar-refractivity contribution in [2.45, 2.75) is 19.3 Å². The minimum absolute atomic E-state index is 0.0593. The van der Waals surface area contributed by atoms with E-state index in [1.807, 2.05) is 0 Å². The number of rotatable bonds is 1. The minimum Gasteiger partial charge on any atom is -0.309 e. The van der Waals surface area contributed by atoms with Crippen LogP contribution in [0.1, 0.15) is 25.0 Å². The van der Waals surface area contributed by atoms with Crippen molar-refractivity contribution in [2.75, 3.05) is 0 Å². The second-order valence-electron chi connectivity index (χ2n) is 13.0. The lowest BCUT2D eigenvalue weighted by Crippen LogP contribution is -2.14. The Labute approximate surface area is 255 Å². The molecule has 0 unspecified atom stereocenters. The van der Waals surface area contributed by atoms with Gasteiger partial charge >= 0.3 is 0 Å². The van der Waals surface area contributed by atoms with E-state index < -0.39 is 0 Å². The first-order chi connectivity index (χ1) is 21.6. The van der Waals surface area contributed by atoms with Crippen molar-refractivity contribution < 1.29 is 0 Å². The van der Waals surface area contributed by atoms with Crippen LogP contribution in [0.5, 0.6) is 0 Å². The highest BCUT2D eigenvalue weighted by atomic mass is 15.0. The molecule has 9 aromatic rings. The number of fused-ring (bicyclic) bond motifs is 13. The summed E-state index contributed by atoms with van der Waals surface area (Å²) in [6.45, 7) is 4.74. The standard InChI is InChI=1S/C43H29N/c1-43(2)39-19-11-10-18-31(39)36-23-38-37-22-34-33-21-27-13-7-6-12-26(27)20-32(33)29-16-8-9-17-30(29)35(34)24-41(37)44(42(38)25-40(36)43)28-14-4-3-5-15-28/h3-25H,1-2H3. The first kappa shape index (κ1) is 24.1. The van der Waals surface area contributed by atoms with Crippen LogP contribution in [0.25, 0.3) is 81.7 Å². The molecule has 1 aromatic heterocycles. The Morgan fingerprint density at radius 1 is 0.386 bits per heavy atom. The van der Waals surface area contributed by atoms with E-state index in [-0.39, 0.29) is 5.41 Å². The van der Waals surface area contributed by atoms with Gasteiger partial charge in [0.15, 0.2) is 0 Å². The van der Waals surface area contributed by atoms with Crippen molar-refractivity contribution in [1.29, 1.82) is 0 Å². The Hall–Kier alpha value is -5.40. The molecule has 0 atom stereocenters.